The van der Waals surface area contributed by atoms with Gasteiger partial charge in [-0.2, -0.15) is 0 Å². The second kappa shape index (κ2) is 7.44. The van der Waals surface area contributed by atoms with Crippen molar-refractivity contribution < 1.29 is 9.53 Å². The first-order valence-corrected chi connectivity index (χ1v) is 7.22. The monoisotopic (exact) mass is 316 g/mol. The Hall–Kier alpha value is -2.83. The van der Waals surface area contributed by atoms with E-state index in [1.54, 1.807) is 20.1 Å². The van der Waals surface area contributed by atoms with E-state index in [0.717, 1.165) is 5.56 Å². The van der Waals surface area contributed by atoms with Gasteiger partial charge in [-0.15, -0.1) is 0 Å². The first-order valence-electron chi connectivity index (χ1n) is 7.22. The van der Waals surface area contributed by atoms with Crippen LogP contribution in [0, 0.1) is 13.8 Å². The summed E-state index contributed by atoms with van der Waals surface area (Å²) in [5.41, 5.74) is 2.14. The van der Waals surface area contributed by atoms with Crippen LogP contribution in [-0.2, 0) is 6.54 Å². The number of nitrogens with one attached hydrogen (secondary N) is 2. The Kier molecular flexibility index (Phi) is 5.35. The van der Waals surface area contributed by atoms with E-state index in [-0.39, 0.29) is 11.6 Å². The number of methoxy groups -OCH3 is 1. The van der Waals surface area contributed by atoms with Crippen LogP contribution >= 0.6 is 0 Å². The van der Waals surface area contributed by atoms with E-state index in [1.807, 2.05) is 19.1 Å². The molecule has 2 N–H and O–H groups in total. The van der Waals surface area contributed by atoms with Crippen LogP contribution in [0.25, 0.3) is 0 Å². The fourth-order valence-electron chi connectivity index (χ4n) is 2.06. The standard InChI is InChI=1S/C16H20N4O3/c1-11-4-5-14(23-3)13(8-11)19-16(22)17-6-7-20-10-18-12(2)9-15(20)21/h4-5,8-10H,6-7H2,1-3H3,(H2,17,19,22). The quantitative estimate of drug-likeness (QED) is 0.879. The number of amides is 2. The summed E-state index contributed by atoms with van der Waals surface area (Å²) in [5, 5.41) is 5.43. The highest BCUT2D eigenvalue weighted by Gasteiger charge is 2.07. The maximum atomic E-state index is 11.9. The SMILES string of the molecule is COc1ccc(C)cc1NC(=O)NCCn1cnc(C)cc1=O. The molecule has 0 bridgehead atoms. The molecule has 2 rings (SSSR count). The molecule has 2 aromatic rings. The Balaban J connectivity index is 1.90. The van der Waals surface area contributed by atoms with Gasteiger partial charge in [0, 0.05) is 24.8 Å². The molecule has 0 aliphatic rings. The minimum Gasteiger partial charge on any atom is -0.495 e. The zero-order valence-electron chi connectivity index (χ0n) is 13.4. The molecule has 1 heterocycles. The molecule has 1 aromatic carbocycles. The Labute approximate surface area is 134 Å². The molecule has 0 saturated heterocycles. The van der Waals surface area contributed by atoms with Crippen molar-refractivity contribution in [3.63, 3.8) is 0 Å². The van der Waals surface area contributed by atoms with Gasteiger partial charge in [-0.1, -0.05) is 6.07 Å². The Morgan fingerprint density at radius 2 is 2.09 bits per heavy atom. The largest absolute Gasteiger partial charge is 0.495 e. The van der Waals surface area contributed by atoms with Gasteiger partial charge in [0.05, 0.1) is 19.1 Å². The number of urea groups is 1. The normalized spacial score (nSPS) is 10.2. The molecule has 122 valence electrons. The van der Waals surface area contributed by atoms with Crippen LogP contribution in [0.4, 0.5) is 10.5 Å². The van der Waals surface area contributed by atoms with E-state index >= 15 is 0 Å². The number of benzene rings is 1. The minimum absolute atomic E-state index is 0.139. The van der Waals surface area contributed by atoms with Gasteiger partial charge in [-0.25, -0.2) is 9.78 Å². The highest BCUT2D eigenvalue weighted by atomic mass is 16.5. The van der Waals surface area contributed by atoms with Gasteiger partial charge < -0.3 is 15.4 Å². The van der Waals surface area contributed by atoms with E-state index in [1.165, 1.54) is 17.0 Å². The first kappa shape index (κ1) is 16.5. The van der Waals surface area contributed by atoms with Crippen LogP contribution < -0.4 is 20.9 Å². The number of rotatable bonds is 5. The maximum absolute atomic E-state index is 11.9. The van der Waals surface area contributed by atoms with Crippen molar-refractivity contribution in [2.75, 3.05) is 19.0 Å². The number of aromatic nitrogens is 2. The zero-order chi connectivity index (χ0) is 16.8. The number of hydrogen-bond donors (Lipinski definition) is 2. The molecule has 0 fully saturated rings. The maximum Gasteiger partial charge on any atom is 0.319 e. The van der Waals surface area contributed by atoms with Crippen LogP contribution in [-0.4, -0.2) is 29.2 Å². The predicted octanol–water partition coefficient (Wildman–Crippen LogP) is 1.69. The molecule has 0 aliphatic heterocycles. The fourth-order valence-corrected chi connectivity index (χ4v) is 2.06. The molecule has 0 unspecified atom stereocenters. The summed E-state index contributed by atoms with van der Waals surface area (Å²) >= 11 is 0. The highest BCUT2D eigenvalue weighted by Crippen LogP contribution is 2.24. The summed E-state index contributed by atoms with van der Waals surface area (Å²) in [5.74, 6) is 0.588. The summed E-state index contributed by atoms with van der Waals surface area (Å²) in [4.78, 5) is 27.7. The molecule has 0 aliphatic carbocycles. The van der Waals surface area contributed by atoms with Crippen LogP contribution in [0.5, 0.6) is 5.75 Å². The molecule has 0 radical (unpaired) electrons. The second-order valence-corrected chi connectivity index (χ2v) is 5.15. The van der Waals surface area contributed by atoms with E-state index in [2.05, 4.69) is 15.6 Å². The van der Waals surface area contributed by atoms with Crippen LogP contribution in [0.1, 0.15) is 11.3 Å². The molecule has 0 saturated carbocycles. The number of anilines is 1. The predicted molar refractivity (Wildman–Crippen MR) is 88.0 cm³/mol. The number of carbonyl (C=O) groups is 1. The Morgan fingerprint density at radius 3 is 2.78 bits per heavy atom. The van der Waals surface area contributed by atoms with Gasteiger partial charge in [-0.3, -0.25) is 9.36 Å². The summed E-state index contributed by atoms with van der Waals surface area (Å²) in [6, 6.07) is 6.62. The topological polar surface area (TPSA) is 85.2 Å². The smallest absolute Gasteiger partial charge is 0.319 e. The third-order valence-corrected chi connectivity index (χ3v) is 3.26. The summed E-state index contributed by atoms with van der Waals surface area (Å²) in [7, 11) is 1.55. The molecule has 2 amide bonds. The summed E-state index contributed by atoms with van der Waals surface area (Å²) in [6.07, 6.45) is 1.47. The highest BCUT2D eigenvalue weighted by molar-refractivity contribution is 5.91. The molecule has 1 aromatic heterocycles. The van der Waals surface area contributed by atoms with Gasteiger partial charge >= 0.3 is 6.03 Å². The van der Waals surface area contributed by atoms with Crippen molar-refractivity contribution in [3.8, 4) is 5.75 Å². The number of aryl methyl sites for hydroxylation is 2. The van der Waals surface area contributed by atoms with E-state index in [0.29, 0.717) is 30.2 Å². The lowest BCUT2D eigenvalue weighted by atomic mass is 10.2. The van der Waals surface area contributed by atoms with E-state index in [4.69, 9.17) is 4.74 Å². The van der Waals surface area contributed by atoms with E-state index < -0.39 is 0 Å². The molecule has 0 spiro atoms. The van der Waals surface area contributed by atoms with Crippen molar-refractivity contribution >= 4 is 11.7 Å². The van der Waals surface area contributed by atoms with Crippen molar-refractivity contribution in [1.82, 2.24) is 14.9 Å². The third-order valence-electron chi connectivity index (χ3n) is 3.26. The lowest BCUT2D eigenvalue weighted by Gasteiger charge is -2.12. The van der Waals surface area contributed by atoms with Gasteiger partial charge in [-0.05, 0) is 31.5 Å². The molecule has 0 atom stereocenters. The molecule has 7 heteroatoms. The molecule has 7 nitrogen and oxygen atoms in total. The van der Waals surface area contributed by atoms with Crippen molar-refractivity contribution in [3.05, 3.63) is 52.2 Å². The number of hydrogen-bond acceptors (Lipinski definition) is 4. The molecular formula is C16H20N4O3. The van der Waals surface area contributed by atoms with Crippen molar-refractivity contribution in [2.45, 2.75) is 20.4 Å². The van der Waals surface area contributed by atoms with Crippen LogP contribution in [0.15, 0.2) is 35.4 Å². The lowest BCUT2D eigenvalue weighted by Crippen LogP contribution is -2.33. The average Bonchev–Trinajstić information content (AvgIpc) is 2.50. The fraction of sp³-hybridized carbons (Fsp3) is 0.312. The van der Waals surface area contributed by atoms with Gasteiger partial charge in [0.1, 0.15) is 5.75 Å². The number of carbonyl (C=O) groups excluding carboxylic acids is 1. The first-order chi connectivity index (χ1) is 11.0. The lowest BCUT2D eigenvalue weighted by molar-refractivity contribution is 0.251. The Morgan fingerprint density at radius 1 is 1.30 bits per heavy atom. The zero-order valence-corrected chi connectivity index (χ0v) is 13.4. The van der Waals surface area contributed by atoms with Crippen LogP contribution in [0.2, 0.25) is 0 Å². The molecule has 23 heavy (non-hydrogen) atoms. The number of nitrogens with zero attached hydrogens (tertiary/aromatic N) is 2. The van der Waals surface area contributed by atoms with Gasteiger partial charge in [0.2, 0.25) is 0 Å². The average molecular weight is 316 g/mol. The number of ether oxygens (including phenoxy) is 1. The van der Waals surface area contributed by atoms with E-state index in [9.17, 15) is 9.59 Å². The van der Waals surface area contributed by atoms with Crippen LogP contribution in [0.3, 0.4) is 0 Å². The third kappa shape index (κ3) is 4.57. The Bertz CT molecular complexity index is 755. The van der Waals surface area contributed by atoms with Gasteiger partial charge in [0.25, 0.3) is 5.56 Å². The minimum atomic E-state index is -0.359. The summed E-state index contributed by atoms with van der Waals surface area (Å²) in [6.45, 7) is 4.35. The summed E-state index contributed by atoms with van der Waals surface area (Å²) < 4.78 is 6.65. The second-order valence-electron chi connectivity index (χ2n) is 5.15. The van der Waals surface area contributed by atoms with Gasteiger partial charge in [0.15, 0.2) is 0 Å². The van der Waals surface area contributed by atoms with Crippen molar-refractivity contribution in [2.24, 2.45) is 0 Å². The van der Waals surface area contributed by atoms with Crippen molar-refractivity contribution in [1.29, 1.82) is 0 Å². The molecular weight excluding hydrogens is 296 g/mol.